The first-order valence-electron chi connectivity index (χ1n) is 9.67. The van der Waals surface area contributed by atoms with Crippen molar-refractivity contribution in [2.45, 2.75) is 25.4 Å². The summed E-state index contributed by atoms with van der Waals surface area (Å²) in [5.74, 6) is -0.000702. The number of aromatic nitrogens is 2. The SMILES string of the molecule is O=C(NCc1ccnc(-c2cccs2)c1)C1CCCN1c1nc2ccccc2o1. The number of rotatable bonds is 5. The summed E-state index contributed by atoms with van der Waals surface area (Å²) in [4.78, 5) is 25.0. The number of anilines is 1. The van der Waals surface area contributed by atoms with Crippen molar-refractivity contribution in [3.63, 3.8) is 0 Å². The van der Waals surface area contributed by atoms with Gasteiger partial charge in [-0.3, -0.25) is 9.78 Å². The lowest BCUT2D eigenvalue weighted by atomic mass is 10.2. The summed E-state index contributed by atoms with van der Waals surface area (Å²) in [6.07, 6.45) is 3.52. The molecule has 0 saturated carbocycles. The van der Waals surface area contributed by atoms with E-state index in [-0.39, 0.29) is 11.9 Å². The van der Waals surface area contributed by atoms with Crippen molar-refractivity contribution in [1.29, 1.82) is 0 Å². The molecule has 3 aromatic heterocycles. The summed E-state index contributed by atoms with van der Waals surface area (Å²) in [5.41, 5.74) is 3.52. The highest BCUT2D eigenvalue weighted by molar-refractivity contribution is 7.13. The number of thiophene rings is 1. The zero-order chi connectivity index (χ0) is 19.6. The van der Waals surface area contributed by atoms with E-state index in [0.29, 0.717) is 12.6 Å². The monoisotopic (exact) mass is 404 g/mol. The minimum Gasteiger partial charge on any atom is -0.423 e. The van der Waals surface area contributed by atoms with Gasteiger partial charge in [-0.25, -0.2) is 0 Å². The molecule has 1 atom stereocenters. The molecule has 1 N–H and O–H groups in total. The molecule has 1 aliphatic rings. The maximum Gasteiger partial charge on any atom is 0.299 e. The molecular weight excluding hydrogens is 384 g/mol. The Hall–Kier alpha value is -3.19. The standard InChI is InChI=1S/C22H20N4O2S/c27-21(24-14-15-9-10-23-17(13-15)20-8-4-12-29-20)18-6-3-11-26(18)22-25-16-5-1-2-7-19(16)28-22/h1-2,4-5,7-10,12-13,18H,3,6,11,14H2,(H,24,27). The number of fused-ring (bicyclic) bond motifs is 1. The minimum atomic E-state index is -0.262. The quantitative estimate of drug-likeness (QED) is 0.539. The predicted octanol–water partition coefficient (Wildman–Crippen LogP) is 4.24. The van der Waals surface area contributed by atoms with Crippen LogP contribution in [0.1, 0.15) is 18.4 Å². The molecular formula is C22H20N4O2S. The highest BCUT2D eigenvalue weighted by Crippen LogP contribution is 2.28. The van der Waals surface area contributed by atoms with Crippen LogP contribution in [0.2, 0.25) is 0 Å². The number of nitrogens with one attached hydrogen (secondary N) is 1. The van der Waals surface area contributed by atoms with Crippen LogP contribution in [-0.2, 0) is 11.3 Å². The Bertz CT molecular complexity index is 1110. The number of para-hydroxylation sites is 2. The molecule has 4 aromatic rings. The molecule has 0 bridgehead atoms. The average molecular weight is 404 g/mol. The first kappa shape index (κ1) is 17.9. The molecule has 1 aliphatic heterocycles. The molecule has 29 heavy (non-hydrogen) atoms. The Morgan fingerprint density at radius 1 is 1.24 bits per heavy atom. The van der Waals surface area contributed by atoms with Crippen molar-refractivity contribution < 1.29 is 9.21 Å². The van der Waals surface area contributed by atoms with E-state index in [2.05, 4.69) is 15.3 Å². The molecule has 5 rings (SSSR count). The second kappa shape index (κ2) is 7.67. The Morgan fingerprint density at radius 3 is 3.03 bits per heavy atom. The van der Waals surface area contributed by atoms with Gasteiger partial charge in [0, 0.05) is 19.3 Å². The van der Waals surface area contributed by atoms with Gasteiger partial charge in [-0.15, -0.1) is 11.3 Å². The number of carbonyl (C=O) groups is 1. The van der Waals surface area contributed by atoms with Crippen LogP contribution in [0, 0.1) is 0 Å². The third kappa shape index (κ3) is 3.61. The highest BCUT2D eigenvalue weighted by Gasteiger charge is 2.33. The minimum absolute atomic E-state index is 0.000702. The lowest BCUT2D eigenvalue weighted by molar-refractivity contribution is -0.122. The first-order valence-corrected chi connectivity index (χ1v) is 10.5. The largest absolute Gasteiger partial charge is 0.423 e. The number of hydrogen-bond acceptors (Lipinski definition) is 6. The van der Waals surface area contributed by atoms with Crippen molar-refractivity contribution >= 4 is 34.4 Å². The van der Waals surface area contributed by atoms with E-state index < -0.39 is 0 Å². The van der Waals surface area contributed by atoms with Gasteiger partial charge in [0.15, 0.2) is 5.58 Å². The first-order chi connectivity index (χ1) is 14.3. The van der Waals surface area contributed by atoms with Crippen molar-refractivity contribution in [3.8, 4) is 10.6 Å². The van der Waals surface area contributed by atoms with E-state index >= 15 is 0 Å². The van der Waals surface area contributed by atoms with Crippen LogP contribution in [0.15, 0.2) is 64.5 Å². The normalized spacial score (nSPS) is 16.4. The van der Waals surface area contributed by atoms with Gasteiger partial charge < -0.3 is 14.6 Å². The van der Waals surface area contributed by atoms with Crippen molar-refractivity contribution in [1.82, 2.24) is 15.3 Å². The molecule has 1 aromatic carbocycles. The van der Waals surface area contributed by atoms with Crippen LogP contribution < -0.4 is 10.2 Å². The number of amides is 1. The molecule has 0 radical (unpaired) electrons. The summed E-state index contributed by atoms with van der Waals surface area (Å²) in [6.45, 7) is 1.24. The molecule has 4 heterocycles. The fourth-order valence-corrected chi connectivity index (χ4v) is 4.39. The van der Waals surface area contributed by atoms with Gasteiger partial charge in [0.1, 0.15) is 11.6 Å². The van der Waals surface area contributed by atoms with Gasteiger partial charge in [0.2, 0.25) is 5.91 Å². The number of carbonyl (C=O) groups excluding carboxylic acids is 1. The van der Waals surface area contributed by atoms with Gasteiger partial charge in [0.05, 0.1) is 10.6 Å². The Labute approximate surface area is 172 Å². The fourth-order valence-electron chi connectivity index (χ4n) is 3.70. The van der Waals surface area contributed by atoms with E-state index in [1.54, 1.807) is 17.5 Å². The van der Waals surface area contributed by atoms with Crippen LogP contribution in [-0.4, -0.2) is 28.5 Å². The van der Waals surface area contributed by atoms with Crippen molar-refractivity contribution in [3.05, 3.63) is 65.7 Å². The lowest BCUT2D eigenvalue weighted by Crippen LogP contribution is -2.43. The van der Waals surface area contributed by atoms with E-state index in [4.69, 9.17) is 4.42 Å². The fraction of sp³-hybridized carbons (Fsp3) is 0.227. The Balaban J connectivity index is 1.28. The van der Waals surface area contributed by atoms with Gasteiger partial charge in [-0.05, 0) is 54.1 Å². The summed E-state index contributed by atoms with van der Waals surface area (Å²) >= 11 is 1.66. The third-order valence-corrected chi connectivity index (χ3v) is 6.04. The maximum absolute atomic E-state index is 12.9. The number of nitrogens with zero attached hydrogens (tertiary/aromatic N) is 3. The lowest BCUT2D eigenvalue weighted by Gasteiger charge is -2.22. The third-order valence-electron chi connectivity index (χ3n) is 5.15. The second-order valence-corrected chi connectivity index (χ2v) is 8.01. The van der Waals surface area contributed by atoms with Crippen molar-refractivity contribution in [2.24, 2.45) is 0 Å². The summed E-state index contributed by atoms with van der Waals surface area (Å²) in [7, 11) is 0. The molecule has 7 heteroatoms. The molecule has 146 valence electrons. The molecule has 1 amide bonds. The molecule has 6 nitrogen and oxygen atoms in total. The molecule has 1 unspecified atom stereocenters. The number of hydrogen-bond donors (Lipinski definition) is 1. The molecule has 0 aliphatic carbocycles. The summed E-state index contributed by atoms with van der Waals surface area (Å²) in [5, 5.41) is 5.11. The number of benzene rings is 1. The van der Waals surface area contributed by atoms with E-state index in [0.717, 1.165) is 46.6 Å². The number of oxazole rings is 1. The maximum atomic E-state index is 12.9. The van der Waals surface area contributed by atoms with Crippen LogP contribution in [0.5, 0.6) is 0 Å². The van der Waals surface area contributed by atoms with E-state index in [1.807, 2.05) is 58.8 Å². The van der Waals surface area contributed by atoms with Gasteiger partial charge in [-0.1, -0.05) is 18.2 Å². The van der Waals surface area contributed by atoms with Crippen LogP contribution in [0.25, 0.3) is 21.7 Å². The van der Waals surface area contributed by atoms with Gasteiger partial charge in [-0.2, -0.15) is 4.98 Å². The average Bonchev–Trinajstić information content (AvgIpc) is 3.51. The van der Waals surface area contributed by atoms with Crippen LogP contribution >= 0.6 is 11.3 Å². The molecule has 1 saturated heterocycles. The summed E-state index contributed by atoms with van der Waals surface area (Å²) in [6, 6.07) is 15.9. The van der Waals surface area contributed by atoms with Crippen LogP contribution in [0.4, 0.5) is 6.01 Å². The topological polar surface area (TPSA) is 71.3 Å². The zero-order valence-electron chi connectivity index (χ0n) is 15.7. The Morgan fingerprint density at radius 2 is 2.17 bits per heavy atom. The second-order valence-electron chi connectivity index (χ2n) is 7.06. The van der Waals surface area contributed by atoms with Gasteiger partial charge >= 0.3 is 0 Å². The number of pyridine rings is 1. The zero-order valence-corrected chi connectivity index (χ0v) is 16.6. The molecule has 1 fully saturated rings. The van der Waals surface area contributed by atoms with Crippen molar-refractivity contribution in [2.75, 3.05) is 11.4 Å². The van der Waals surface area contributed by atoms with Gasteiger partial charge in [0.25, 0.3) is 6.01 Å². The van der Waals surface area contributed by atoms with E-state index in [1.165, 1.54) is 0 Å². The summed E-state index contributed by atoms with van der Waals surface area (Å²) < 4.78 is 5.88. The van der Waals surface area contributed by atoms with Crippen LogP contribution in [0.3, 0.4) is 0 Å². The predicted molar refractivity (Wildman–Crippen MR) is 114 cm³/mol. The van der Waals surface area contributed by atoms with E-state index in [9.17, 15) is 4.79 Å². The highest BCUT2D eigenvalue weighted by atomic mass is 32.1. The molecule has 0 spiro atoms. The smallest absolute Gasteiger partial charge is 0.299 e. The Kier molecular flexibility index (Phi) is 4.73.